The lowest BCUT2D eigenvalue weighted by Gasteiger charge is -2.33. The number of anilines is 1. The Labute approximate surface area is 186 Å². The topological polar surface area (TPSA) is 70.2 Å². The summed E-state index contributed by atoms with van der Waals surface area (Å²) in [5, 5.41) is 0.625. The monoisotopic (exact) mass is 455 g/mol. The minimum absolute atomic E-state index is 0.274. The summed E-state index contributed by atoms with van der Waals surface area (Å²) in [5.74, 6) is -0.293. The predicted octanol–water partition coefficient (Wildman–Crippen LogP) is 4.94. The van der Waals surface area contributed by atoms with Crippen LogP contribution in [-0.4, -0.2) is 58.6 Å². The van der Waals surface area contributed by atoms with Crippen LogP contribution in [0, 0.1) is 0 Å². The van der Waals surface area contributed by atoms with Crippen molar-refractivity contribution in [3.8, 4) is 0 Å². The van der Waals surface area contributed by atoms with E-state index in [2.05, 4.69) is 0 Å². The first-order valence-electron chi connectivity index (χ1n) is 10.1. The predicted molar refractivity (Wildman–Crippen MR) is 116 cm³/mol. The zero-order valence-corrected chi connectivity index (χ0v) is 19.2. The highest BCUT2D eigenvalue weighted by Gasteiger charge is 2.57. The van der Waals surface area contributed by atoms with Gasteiger partial charge in [-0.2, -0.15) is 0 Å². The summed E-state index contributed by atoms with van der Waals surface area (Å²) in [6.45, 7) is 8.49. The number of imide groups is 1. The van der Waals surface area contributed by atoms with Crippen LogP contribution in [0.25, 0.3) is 0 Å². The van der Waals surface area contributed by atoms with Gasteiger partial charge in [0.25, 0.3) is 5.91 Å². The molecule has 3 rings (SSSR count). The molecule has 0 bridgehead atoms. The molecule has 1 spiro atoms. The number of halogens is 2. The van der Waals surface area contributed by atoms with Gasteiger partial charge in [-0.25, -0.2) is 14.5 Å². The summed E-state index contributed by atoms with van der Waals surface area (Å²) < 4.78 is 5.48. The maximum absolute atomic E-state index is 13.6. The Bertz CT molecular complexity index is 870. The summed E-state index contributed by atoms with van der Waals surface area (Å²) in [5.41, 5.74) is -1.20. The molecule has 4 amide bonds. The van der Waals surface area contributed by atoms with Crippen molar-refractivity contribution in [2.45, 2.75) is 58.1 Å². The van der Waals surface area contributed by atoms with Crippen molar-refractivity contribution in [3.63, 3.8) is 0 Å². The second kappa shape index (κ2) is 8.27. The molecule has 164 valence electrons. The quantitative estimate of drug-likeness (QED) is 0.591. The summed E-state index contributed by atoms with van der Waals surface area (Å²) in [6.07, 6.45) is 1.01. The van der Waals surface area contributed by atoms with Crippen LogP contribution in [-0.2, 0) is 9.53 Å². The van der Waals surface area contributed by atoms with Crippen LogP contribution in [0.2, 0.25) is 10.0 Å². The van der Waals surface area contributed by atoms with Crippen LogP contribution >= 0.6 is 23.2 Å². The van der Waals surface area contributed by atoms with Gasteiger partial charge in [0.2, 0.25) is 0 Å². The highest BCUT2D eigenvalue weighted by Crippen LogP contribution is 2.40. The van der Waals surface area contributed by atoms with Crippen molar-refractivity contribution in [3.05, 3.63) is 28.2 Å². The molecule has 9 heteroatoms. The standard InChI is InChI=1S/C21H27Cl2N3O4/c1-5-25-18(28)26(14-7-8-15(22)16(23)13-14)17(27)21(25)9-6-11-24(12-10-21)19(29)30-20(2,3)4/h7-8,13H,5-6,9-12H2,1-4H3/t21-/m0/s1. The normalized spacial score (nSPS) is 22.7. The van der Waals surface area contributed by atoms with Gasteiger partial charge in [-0.05, 0) is 65.2 Å². The fraction of sp³-hybridized carbons (Fsp3) is 0.571. The number of likely N-dealkylation sites (N-methyl/N-ethyl adjacent to an activating group) is 1. The largest absolute Gasteiger partial charge is 0.444 e. The molecule has 0 N–H and O–H groups in total. The molecular weight excluding hydrogens is 429 g/mol. The molecule has 2 fully saturated rings. The third-order valence-corrected chi connectivity index (χ3v) is 6.22. The van der Waals surface area contributed by atoms with Crippen LogP contribution in [0.1, 0.15) is 47.0 Å². The number of carbonyl (C=O) groups excluding carboxylic acids is 3. The van der Waals surface area contributed by atoms with Crippen molar-refractivity contribution in [2.24, 2.45) is 0 Å². The van der Waals surface area contributed by atoms with E-state index in [0.717, 1.165) is 0 Å². The van der Waals surface area contributed by atoms with Gasteiger partial charge in [0.05, 0.1) is 15.7 Å². The molecule has 30 heavy (non-hydrogen) atoms. The van der Waals surface area contributed by atoms with Crippen molar-refractivity contribution < 1.29 is 19.1 Å². The van der Waals surface area contributed by atoms with Gasteiger partial charge in [0.1, 0.15) is 11.1 Å². The molecule has 2 heterocycles. The van der Waals surface area contributed by atoms with Gasteiger partial charge in [-0.1, -0.05) is 23.2 Å². The van der Waals surface area contributed by atoms with Crippen LogP contribution < -0.4 is 4.90 Å². The molecule has 1 aromatic rings. The smallest absolute Gasteiger partial charge is 0.410 e. The van der Waals surface area contributed by atoms with Crippen LogP contribution in [0.15, 0.2) is 18.2 Å². The Morgan fingerprint density at radius 2 is 1.83 bits per heavy atom. The minimum Gasteiger partial charge on any atom is -0.444 e. The molecule has 0 aliphatic carbocycles. The van der Waals surface area contributed by atoms with Crippen molar-refractivity contribution in [1.29, 1.82) is 0 Å². The fourth-order valence-electron chi connectivity index (χ4n) is 4.12. The Balaban J connectivity index is 1.88. The first-order valence-corrected chi connectivity index (χ1v) is 10.8. The van der Waals surface area contributed by atoms with Gasteiger partial charge in [0.15, 0.2) is 0 Å². The van der Waals surface area contributed by atoms with E-state index in [9.17, 15) is 14.4 Å². The van der Waals surface area contributed by atoms with E-state index in [0.29, 0.717) is 49.6 Å². The summed E-state index contributed by atoms with van der Waals surface area (Å²) in [7, 11) is 0. The van der Waals surface area contributed by atoms with E-state index in [1.165, 1.54) is 11.0 Å². The number of amides is 4. The van der Waals surface area contributed by atoms with Gasteiger partial charge < -0.3 is 14.5 Å². The Morgan fingerprint density at radius 3 is 2.43 bits per heavy atom. The molecule has 7 nitrogen and oxygen atoms in total. The van der Waals surface area contributed by atoms with Crippen LogP contribution in [0.5, 0.6) is 0 Å². The van der Waals surface area contributed by atoms with Gasteiger partial charge in [-0.3, -0.25) is 4.79 Å². The molecule has 2 aliphatic heterocycles. The number of carbonyl (C=O) groups is 3. The summed E-state index contributed by atoms with van der Waals surface area (Å²) in [4.78, 5) is 43.7. The number of urea groups is 1. The Kier molecular flexibility index (Phi) is 6.25. The molecule has 0 radical (unpaired) electrons. The third-order valence-electron chi connectivity index (χ3n) is 5.48. The first kappa shape index (κ1) is 22.7. The molecule has 0 saturated carbocycles. The Morgan fingerprint density at radius 1 is 1.13 bits per heavy atom. The molecule has 0 aromatic heterocycles. The van der Waals surface area contributed by atoms with E-state index >= 15 is 0 Å². The van der Waals surface area contributed by atoms with E-state index in [4.69, 9.17) is 27.9 Å². The SMILES string of the molecule is CCN1C(=O)N(c2ccc(Cl)c(Cl)c2)C(=O)[C@@]12CCCN(C(=O)OC(C)(C)C)CC2. The van der Waals surface area contributed by atoms with Crippen molar-refractivity contribution >= 4 is 46.9 Å². The van der Waals surface area contributed by atoms with Crippen LogP contribution in [0.4, 0.5) is 15.3 Å². The summed E-state index contributed by atoms with van der Waals surface area (Å²) >= 11 is 12.1. The van der Waals surface area contributed by atoms with Crippen molar-refractivity contribution in [2.75, 3.05) is 24.5 Å². The average molecular weight is 456 g/mol. The second-order valence-corrected chi connectivity index (χ2v) is 9.43. The fourth-order valence-corrected chi connectivity index (χ4v) is 4.41. The number of likely N-dealkylation sites (tertiary alicyclic amines) is 1. The molecule has 1 atom stereocenters. The zero-order valence-electron chi connectivity index (χ0n) is 17.7. The van der Waals surface area contributed by atoms with Crippen LogP contribution in [0.3, 0.4) is 0 Å². The number of hydrogen-bond donors (Lipinski definition) is 0. The maximum Gasteiger partial charge on any atom is 0.410 e. The maximum atomic E-state index is 13.6. The van der Waals surface area contributed by atoms with E-state index in [1.807, 2.05) is 27.7 Å². The number of ether oxygens (including phenoxy) is 1. The van der Waals surface area contributed by atoms with E-state index in [1.54, 1.807) is 21.9 Å². The summed E-state index contributed by atoms with van der Waals surface area (Å²) in [6, 6.07) is 4.32. The average Bonchev–Trinajstić information content (AvgIpc) is 2.79. The minimum atomic E-state index is -0.991. The Hall–Kier alpha value is -1.99. The third kappa shape index (κ3) is 4.10. The second-order valence-electron chi connectivity index (χ2n) is 8.62. The van der Waals surface area contributed by atoms with E-state index in [-0.39, 0.29) is 17.0 Å². The van der Waals surface area contributed by atoms with Gasteiger partial charge >= 0.3 is 12.1 Å². The number of rotatable bonds is 2. The molecule has 2 aliphatic rings. The number of benzene rings is 1. The van der Waals surface area contributed by atoms with Gasteiger partial charge in [-0.15, -0.1) is 0 Å². The lowest BCUT2D eigenvalue weighted by molar-refractivity contribution is -0.125. The number of nitrogens with zero attached hydrogens (tertiary/aromatic N) is 3. The zero-order chi connectivity index (χ0) is 22.3. The highest BCUT2D eigenvalue weighted by atomic mass is 35.5. The molecule has 1 aromatic carbocycles. The molecular formula is C21H27Cl2N3O4. The number of hydrogen-bond acceptors (Lipinski definition) is 4. The molecule has 2 saturated heterocycles. The first-order chi connectivity index (χ1) is 14.0. The van der Waals surface area contributed by atoms with Crippen molar-refractivity contribution in [1.82, 2.24) is 9.80 Å². The van der Waals surface area contributed by atoms with E-state index < -0.39 is 17.2 Å². The molecule has 0 unspecified atom stereocenters. The van der Waals surface area contributed by atoms with Gasteiger partial charge in [0, 0.05) is 19.6 Å². The lowest BCUT2D eigenvalue weighted by Crippen LogP contribution is -2.50. The lowest BCUT2D eigenvalue weighted by atomic mass is 9.88. The highest BCUT2D eigenvalue weighted by molar-refractivity contribution is 6.42.